The van der Waals surface area contributed by atoms with Crippen molar-refractivity contribution < 1.29 is 23.9 Å². The van der Waals surface area contributed by atoms with Gasteiger partial charge in [0.1, 0.15) is 0 Å². The third kappa shape index (κ3) is 5.44. The molecule has 1 aliphatic rings. The van der Waals surface area contributed by atoms with Gasteiger partial charge in [-0.25, -0.2) is 0 Å². The lowest BCUT2D eigenvalue weighted by Gasteiger charge is -2.37. The van der Waals surface area contributed by atoms with Crippen LogP contribution in [0.3, 0.4) is 0 Å². The average Bonchev–Trinajstić information content (AvgIpc) is 2.65. The van der Waals surface area contributed by atoms with Gasteiger partial charge in [0.2, 0.25) is 5.75 Å². The van der Waals surface area contributed by atoms with Crippen molar-refractivity contribution in [2.24, 2.45) is 5.41 Å². The van der Waals surface area contributed by atoms with Crippen LogP contribution < -0.4 is 20.1 Å². The molecule has 1 fully saturated rings. The number of carbonyl (C=O) groups excluding carboxylic acids is 1. The predicted molar refractivity (Wildman–Crippen MR) is 102 cm³/mol. The quantitative estimate of drug-likeness (QED) is 0.502. The number of ether oxygens (including phenoxy) is 3. The molecule has 0 bridgehead atoms. The largest absolute Gasteiger partial charge is 0.493 e. The smallest absolute Gasteiger partial charge is 0.315 e. The van der Waals surface area contributed by atoms with Gasteiger partial charge in [-0.15, -0.1) is 12.4 Å². The van der Waals surface area contributed by atoms with Crippen LogP contribution in [0.2, 0.25) is 0 Å². The van der Waals surface area contributed by atoms with Gasteiger partial charge in [0.15, 0.2) is 5.75 Å². The molecule has 0 unspecified atom stereocenters. The number of piperidine rings is 1. The maximum absolute atomic E-state index is 12.6. The second-order valence-corrected chi connectivity index (χ2v) is 6.35. The number of nitrogens with one attached hydrogen (secondary N) is 2. The topological polar surface area (TPSA) is 112 Å². The minimum atomic E-state index is -0.600. The molecule has 10 heteroatoms. The maximum atomic E-state index is 12.6. The Balaban J connectivity index is 0.00000364. The number of hydrogen-bond donors (Lipinski definition) is 2. The van der Waals surface area contributed by atoms with Gasteiger partial charge in [-0.1, -0.05) is 0 Å². The van der Waals surface area contributed by atoms with Crippen molar-refractivity contribution in [3.8, 4) is 11.5 Å². The first-order valence-corrected chi connectivity index (χ1v) is 8.34. The second-order valence-electron chi connectivity index (χ2n) is 6.35. The van der Waals surface area contributed by atoms with Gasteiger partial charge in [-0.3, -0.25) is 14.9 Å². The van der Waals surface area contributed by atoms with Crippen LogP contribution in [-0.4, -0.2) is 58.4 Å². The summed E-state index contributed by atoms with van der Waals surface area (Å²) in [6.07, 6.45) is 1.76. The summed E-state index contributed by atoms with van der Waals surface area (Å²) < 4.78 is 15.5. The lowest BCUT2D eigenvalue weighted by molar-refractivity contribution is -0.385. The summed E-state index contributed by atoms with van der Waals surface area (Å²) in [5, 5.41) is 17.5. The standard InChI is InChI=1S/C17H25N3O6.ClH/c1-24-11-17(4-6-18-7-5-17)10-19-16(21)12-8-13(20(22)23)15(26-3)14(9-12)25-2;/h8-9,18H,4-7,10-11H2,1-3H3,(H,19,21);1H. The molecule has 1 aliphatic heterocycles. The van der Waals surface area contributed by atoms with E-state index in [1.165, 1.54) is 26.4 Å². The maximum Gasteiger partial charge on any atom is 0.315 e. The van der Waals surface area contributed by atoms with E-state index in [1.54, 1.807) is 7.11 Å². The third-order valence-corrected chi connectivity index (χ3v) is 4.66. The van der Waals surface area contributed by atoms with E-state index in [0.29, 0.717) is 13.2 Å². The SMILES string of the molecule is COCC1(CNC(=O)c2cc(OC)c(OC)c([N+](=O)[O-])c2)CCNCC1.Cl. The molecule has 1 saturated heterocycles. The Labute approximate surface area is 164 Å². The molecule has 0 saturated carbocycles. The second kappa shape index (κ2) is 10.3. The van der Waals surface area contributed by atoms with Gasteiger partial charge in [0.25, 0.3) is 5.91 Å². The van der Waals surface area contributed by atoms with E-state index in [-0.39, 0.29) is 40.6 Å². The Morgan fingerprint density at radius 3 is 2.44 bits per heavy atom. The monoisotopic (exact) mass is 403 g/mol. The van der Waals surface area contributed by atoms with Gasteiger partial charge in [0, 0.05) is 25.1 Å². The van der Waals surface area contributed by atoms with Crippen molar-refractivity contribution in [2.45, 2.75) is 12.8 Å². The molecule has 0 radical (unpaired) electrons. The van der Waals surface area contributed by atoms with Crippen LogP contribution in [0.5, 0.6) is 11.5 Å². The minimum absolute atomic E-state index is 0. The Morgan fingerprint density at radius 1 is 1.26 bits per heavy atom. The molecule has 0 aliphatic carbocycles. The molecule has 1 aromatic rings. The van der Waals surface area contributed by atoms with Crippen LogP contribution in [0.25, 0.3) is 0 Å². The van der Waals surface area contributed by atoms with E-state index in [9.17, 15) is 14.9 Å². The summed E-state index contributed by atoms with van der Waals surface area (Å²) in [6, 6.07) is 2.63. The Kier molecular flexibility index (Phi) is 8.74. The molecule has 27 heavy (non-hydrogen) atoms. The highest BCUT2D eigenvalue weighted by Crippen LogP contribution is 2.38. The first-order valence-electron chi connectivity index (χ1n) is 8.34. The summed E-state index contributed by atoms with van der Waals surface area (Å²) in [5.74, 6) is -0.272. The van der Waals surface area contributed by atoms with E-state index in [1.807, 2.05) is 0 Å². The molecular formula is C17H26ClN3O6. The van der Waals surface area contributed by atoms with Crippen molar-refractivity contribution in [1.82, 2.24) is 10.6 Å². The van der Waals surface area contributed by atoms with Crippen LogP contribution in [0, 0.1) is 15.5 Å². The molecule has 0 atom stereocenters. The van der Waals surface area contributed by atoms with Crippen molar-refractivity contribution in [2.75, 3.05) is 47.6 Å². The van der Waals surface area contributed by atoms with Gasteiger partial charge in [-0.05, 0) is 32.0 Å². The number of benzene rings is 1. The summed E-state index contributed by atoms with van der Waals surface area (Å²) >= 11 is 0. The number of hydrogen-bond acceptors (Lipinski definition) is 7. The van der Waals surface area contributed by atoms with E-state index in [0.717, 1.165) is 25.9 Å². The number of carbonyl (C=O) groups is 1. The van der Waals surface area contributed by atoms with E-state index >= 15 is 0 Å². The van der Waals surface area contributed by atoms with Crippen LogP contribution in [0.15, 0.2) is 12.1 Å². The molecule has 1 heterocycles. The van der Waals surface area contributed by atoms with Crippen molar-refractivity contribution in [3.63, 3.8) is 0 Å². The summed E-state index contributed by atoms with van der Waals surface area (Å²) in [7, 11) is 4.32. The zero-order valence-corrected chi connectivity index (χ0v) is 16.5. The van der Waals surface area contributed by atoms with Gasteiger partial charge in [-0.2, -0.15) is 0 Å². The highest BCUT2D eigenvalue weighted by atomic mass is 35.5. The molecule has 9 nitrogen and oxygen atoms in total. The first-order chi connectivity index (χ1) is 12.5. The fraction of sp³-hybridized carbons (Fsp3) is 0.588. The molecule has 1 amide bonds. The molecule has 2 N–H and O–H groups in total. The Bertz CT molecular complexity index is 659. The number of amides is 1. The summed E-state index contributed by atoms with van der Waals surface area (Å²) in [5.41, 5.74) is -0.306. The fourth-order valence-electron chi connectivity index (χ4n) is 3.22. The number of halogens is 1. The van der Waals surface area contributed by atoms with Gasteiger partial charge in [0.05, 0.1) is 31.3 Å². The molecular weight excluding hydrogens is 378 g/mol. The van der Waals surface area contributed by atoms with Crippen molar-refractivity contribution in [1.29, 1.82) is 0 Å². The van der Waals surface area contributed by atoms with Gasteiger partial charge < -0.3 is 24.8 Å². The molecule has 0 aromatic heterocycles. The zero-order chi connectivity index (χ0) is 19.2. The number of nitro groups is 1. The number of rotatable bonds is 8. The lowest BCUT2D eigenvalue weighted by atomic mass is 9.79. The highest BCUT2D eigenvalue weighted by Gasteiger charge is 2.33. The first kappa shape index (κ1) is 22.9. The van der Waals surface area contributed by atoms with Crippen LogP contribution in [-0.2, 0) is 4.74 Å². The van der Waals surface area contributed by atoms with Crippen molar-refractivity contribution >= 4 is 24.0 Å². The molecule has 152 valence electrons. The van der Waals surface area contributed by atoms with Crippen LogP contribution >= 0.6 is 12.4 Å². The van der Waals surface area contributed by atoms with Gasteiger partial charge >= 0.3 is 5.69 Å². The zero-order valence-electron chi connectivity index (χ0n) is 15.7. The normalized spacial score (nSPS) is 15.4. The Morgan fingerprint density at radius 2 is 1.93 bits per heavy atom. The predicted octanol–water partition coefficient (Wildman–Crippen LogP) is 1.78. The van der Waals surface area contributed by atoms with E-state index in [4.69, 9.17) is 14.2 Å². The van der Waals surface area contributed by atoms with E-state index in [2.05, 4.69) is 10.6 Å². The fourth-order valence-corrected chi connectivity index (χ4v) is 3.22. The average molecular weight is 404 g/mol. The van der Waals surface area contributed by atoms with Crippen LogP contribution in [0.4, 0.5) is 5.69 Å². The Hall–Kier alpha value is -2.10. The number of methoxy groups -OCH3 is 3. The molecule has 1 aromatic carbocycles. The summed E-state index contributed by atoms with van der Waals surface area (Å²) in [4.78, 5) is 23.3. The summed E-state index contributed by atoms with van der Waals surface area (Å²) in [6.45, 7) is 2.70. The van der Waals surface area contributed by atoms with Crippen molar-refractivity contribution in [3.05, 3.63) is 27.8 Å². The van der Waals surface area contributed by atoms with E-state index < -0.39 is 10.8 Å². The lowest BCUT2D eigenvalue weighted by Crippen LogP contribution is -2.47. The number of nitrogens with zero attached hydrogens (tertiary/aromatic N) is 1. The minimum Gasteiger partial charge on any atom is -0.493 e. The number of nitro benzene ring substituents is 1. The van der Waals surface area contributed by atoms with Crippen LogP contribution in [0.1, 0.15) is 23.2 Å². The molecule has 0 spiro atoms. The highest BCUT2D eigenvalue weighted by molar-refractivity contribution is 5.96. The molecule has 2 rings (SSSR count). The third-order valence-electron chi connectivity index (χ3n) is 4.66.